The summed E-state index contributed by atoms with van der Waals surface area (Å²) in [5, 5.41) is 4.74. The average Bonchev–Trinajstić information content (AvgIpc) is 3.65. The molecule has 4 heterocycles. The number of anilines is 2. The van der Waals surface area contributed by atoms with Crippen LogP contribution in [-0.2, 0) is 13.0 Å². The molecule has 0 spiro atoms. The zero-order valence-electron chi connectivity index (χ0n) is 21.9. The first-order valence-corrected chi connectivity index (χ1v) is 13.2. The second kappa shape index (κ2) is 8.92. The lowest BCUT2D eigenvalue weighted by molar-refractivity contribution is -0.0140. The van der Waals surface area contributed by atoms with E-state index in [0.29, 0.717) is 40.5 Å². The Hall–Kier alpha value is -3.75. The molecule has 0 unspecified atom stereocenters. The highest BCUT2D eigenvalue weighted by Crippen LogP contribution is 2.52. The van der Waals surface area contributed by atoms with E-state index in [9.17, 15) is 8.78 Å². The van der Waals surface area contributed by atoms with Crippen LogP contribution in [0.25, 0.3) is 33.4 Å². The molecule has 1 fully saturated rings. The minimum absolute atomic E-state index is 0.0268. The maximum Gasteiger partial charge on any atom is 0.273 e. The number of H-pyrrole nitrogens is 1. The number of aryl methyl sites for hydroxylation is 1. The minimum Gasteiger partial charge on any atom is -0.338 e. The molecule has 6 nitrogen and oxygen atoms in total. The van der Waals surface area contributed by atoms with Gasteiger partial charge in [0.15, 0.2) is 0 Å². The number of hydrogen-bond donors (Lipinski definition) is 1. The van der Waals surface area contributed by atoms with Crippen molar-refractivity contribution < 1.29 is 13.2 Å². The second-order valence-corrected chi connectivity index (χ2v) is 10.4. The molecule has 0 bridgehead atoms. The normalized spacial score (nSPS) is 16.3. The van der Waals surface area contributed by atoms with Crippen molar-refractivity contribution in [2.75, 3.05) is 16.8 Å². The molecule has 6 rings (SSSR count). The van der Waals surface area contributed by atoms with Gasteiger partial charge in [0, 0.05) is 43.9 Å². The third-order valence-electron chi connectivity index (χ3n) is 7.95. The van der Waals surface area contributed by atoms with E-state index >= 15 is 4.39 Å². The van der Waals surface area contributed by atoms with Crippen molar-refractivity contribution in [3.63, 3.8) is 0 Å². The number of rotatable bonds is 6. The van der Waals surface area contributed by atoms with E-state index < -0.39 is 11.9 Å². The highest BCUT2D eigenvalue weighted by Gasteiger charge is 2.38. The molecule has 1 saturated carbocycles. The van der Waals surface area contributed by atoms with Crippen molar-refractivity contribution in [3.8, 4) is 22.4 Å². The van der Waals surface area contributed by atoms with Crippen molar-refractivity contribution in [3.05, 3.63) is 60.6 Å². The van der Waals surface area contributed by atoms with Gasteiger partial charge in [-0.25, -0.2) is 13.8 Å². The highest BCUT2D eigenvalue weighted by molar-refractivity contribution is 6.13. The maximum atomic E-state index is 15.0. The number of nitrogens with zero attached hydrogens (tertiary/aromatic N) is 5. The molecule has 0 saturated heterocycles. The standard InChI is InChI=1S/C29H31F3N6/c1-5-14-29(31,32)19-12-10-18(11-13-19)23-24-26-22(37(4)17(2)38(26)20-8-6-7-9-20)15-33-28(24)34-25(23)21-16-36(3)35-27(21)30/h10-13,15-16,20H,2,5-9,14H2,1,3-4H3,(H,33,34). The molecule has 4 aromatic rings. The van der Waals surface area contributed by atoms with Crippen LogP contribution in [0.2, 0.25) is 0 Å². The lowest BCUT2D eigenvalue weighted by Crippen LogP contribution is -2.33. The summed E-state index contributed by atoms with van der Waals surface area (Å²) in [6.07, 6.45) is 8.02. The summed E-state index contributed by atoms with van der Waals surface area (Å²) in [7, 11) is 3.64. The predicted molar refractivity (Wildman–Crippen MR) is 145 cm³/mol. The number of aromatic nitrogens is 4. The Morgan fingerprint density at radius 3 is 2.47 bits per heavy atom. The molecule has 1 aliphatic heterocycles. The fraction of sp³-hybridized carbons (Fsp3) is 0.379. The summed E-state index contributed by atoms with van der Waals surface area (Å²) in [6.45, 7) is 6.13. The van der Waals surface area contributed by atoms with Gasteiger partial charge >= 0.3 is 0 Å². The van der Waals surface area contributed by atoms with E-state index in [2.05, 4.69) is 21.6 Å². The quantitative estimate of drug-likeness (QED) is 0.289. The van der Waals surface area contributed by atoms with Crippen molar-refractivity contribution in [2.24, 2.45) is 7.05 Å². The van der Waals surface area contributed by atoms with Gasteiger partial charge in [-0.2, -0.15) is 4.39 Å². The Morgan fingerprint density at radius 1 is 1.13 bits per heavy atom. The summed E-state index contributed by atoms with van der Waals surface area (Å²) in [4.78, 5) is 12.4. The Kier molecular flexibility index (Phi) is 5.77. The number of alkyl halides is 2. The summed E-state index contributed by atoms with van der Waals surface area (Å²) in [6, 6.07) is 6.65. The Balaban J connectivity index is 1.63. The summed E-state index contributed by atoms with van der Waals surface area (Å²) in [5.41, 5.74) is 4.69. The van der Waals surface area contributed by atoms with Gasteiger partial charge in [-0.05, 0) is 18.4 Å². The van der Waals surface area contributed by atoms with Gasteiger partial charge in [0.1, 0.15) is 11.5 Å². The number of aromatic amines is 1. The van der Waals surface area contributed by atoms with E-state index in [0.717, 1.165) is 48.3 Å². The van der Waals surface area contributed by atoms with Gasteiger partial charge in [-0.15, -0.1) is 5.10 Å². The summed E-state index contributed by atoms with van der Waals surface area (Å²) >= 11 is 0. The number of hydrogen-bond acceptors (Lipinski definition) is 4. The lowest BCUT2D eigenvalue weighted by Gasteiger charge is -2.28. The van der Waals surface area contributed by atoms with Crippen LogP contribution in [0, 0.1) is 5.95 Å². The molecule has 9 heteroatoms. The number of fused-ring (bicyclic) bond motifs is 3. The van der Waals surface area contributed by atoms with Crippen LogP contribution in [0.5, 0.6) is 0 Å². The molecule has 1 aliphatic carbocycles. The zero-order chi connectivity index (χ0) is 26.8. The molecule has 38 heavy (non-hydrogen) atoms. The Morgan fingerprint density at radius 2 is 1.84 bits per heavy atom. The van der Waals surface area contributed by atoms with E-state index in [-0.39, 0.29) is 12.0 Å². The molecule has 2 aliphatic rings. The third-order valence-corrected chi connectivity index (χ3v) is 7.95. The number of nitrogens with one attached hydrogen (secondary N) is 1. The predicted octanol–water partition coefficient (Wildman–Crippen LogP) is 7.33. The van der Waals surface area contributed by atoms with Crippen molar-refractivity contribution >= 4 is 22.4 Å². The molecule has 0 amide bonds. The van der Waals surface area contributed by atoms with E-state index in [1.54, 1.807) is 32.3 Å². The molecule has 198 valence electrons. The van der Waals surface area contributed by atoms with Crippen LogP contribution in [0.15, 0.2) is 49.1 Å². The van der Waals surface area contributed by atoms with Gasteiger partial charge < -0.3 is 14.8 Å². The number of benzene rings is 1. The molecule has 1 N–H and O–H groups in total. The lowest BCUT2D eigenvalue weighted by atomic mass is 9.95. The number of pyridine rings is 1. The molecular weight excluding hydrogens is 489 g/mol. The first-order chi connectivity index (χ1) is 18.2. The van der Waals surface area contributed by atoms with Crippen LogP contribution in [0.3, 0.4) is 0 Å². The SMILES string of the molecule is C=C1N(C)c2cnc3[nH]c(-c4cn(C)nc4F)c(-c4ccc(C(F)(F)CCC)cc4)c3c2N1C1CCCC1. The third kappa shape index (κ3) is 3.70. The monoisotopic (exact) mass is 520 g/mol. The van der Waals surface area contributed by atoms with Crippen LogP contribution in [0.4, 0.5) is 24.5 Å². The smallest absolute Gasteiger partial charge is 0.273 e. The molecule has 3 aromatic heterocycles. The highest BCUT2D eigenvalue weighted by atomic mass is 19.3. The molecule has 0 radical (unpaired) electrons. The number of halogens is 3. The summed E-state index contributed by atoms with van der Waals surface area (Å²) in [5.74, 6) is -2.65. The van der Waals surface area contributed by atoms with Crippen molar-refractivity contribution in [2.45, 2.75) is 57.4 Å². The van der Waals surface area contributed by atoms with Crippen LogP contribution < -0.4 is 9.80 Å². The first kappa shape index (κ1) is 24.6. The fourth-order valence-electron chi connectivity index (χ4n) is 6.06. The van der Waals surface area contributed by atoms with Gasteiger partial charge in [0.05, 0.1) is 34.2 Å². The van der Waals surface area contributed by atoms with Crippen LogP contribution in [-0.4, -0.2) is 32.8 Å². The van der Waals surface area contributed by atoms with Crippen molar-refractivity contribution in [1.82, 2.24) is 19.7 Å². The Labute approximate surface area is 219 Å². The van der Waals surface area contributed by atoms with Crippen molar-refractivity contribution in [1.29, 1.82) is 0 Å². The molecular formula is C29H31F3N6. The van der Waals surface area contributed by atoms with Gasteiger partial charge in [-0.1, -0.05) is 57.0 Å². The second-order valence-electron chi connectivity index (χ2n) is 10.4. The van der Waals surface area contributed by atoms with E-state index in [4.69, 9.17) is 4.98 Å². The Bertz CT molecular complexity index is 1530. The van der Waals surface area contributed by atoms with Crippen LogP contribution >= 0.6 is 0 Å². The zero-order valence-corrected chi connectivity index (χ0v) is 21.9. The van der Waals surface area contributed by atoms with E-state index in [1.165, 1.54) is 16.8 Å². The molecule has 1 aromatic carbocycles. The summed E-state index contributed by atoms with van der Waals surface area (Å²) < 4.78 is 45.8. The van der Waals surface area contributed by atoms with E-state index in [1.807, 2.05) is 18.1 Å². The minimum atomic E-state index is -2.91. The van der Waals surface area contributed by atoms with Gasteiger partial charge in [-0.3, -0.25) is 4.68 Å². The van der Waals surface area contributed by atoms with Crippen LogP contribution in [0.1, 0.15) is 51.0 Å². The average molecular weight is 521 g/mol. The topological polar surface area (TPSA) is 53.0 Å². The van der Waals surface area contributed by atoms with Gasteiger partial charge in [0.2, 0.25) is 5.95 Å². The fourth-order valence-corrected chi connectivity index (χ4v) is 6.06. The van der Waals surface area contributed by atoms with Gasteiger partial charge in [0.25, 0.3) is 5.92 Å². The largest absolute Gasteiger partial charge is 0.338 e. The first-order valence-electron chi connectivity index (χ1n) is 13.2. The maximum absolute atomic E-state index is 15.0. The molecule has 0 atom stereocenters.